The minimum atomic E-state index is -0.298. The molecule has 2 fully saturated rings. The van der Waals surface area contributed by atoms with Gasteiger partial charge in [0.25, 0.3) is 0 Å². The van der Waals surface area contributed by atoms with Gasteiger partial charge in [-0.25, -0.2) is 9.37 Å². The number of benzene rings is 1. The molecule has 2 heterocycles. The summed E-state index contributed by atoms with van der Waals surface area (Å²) < 4.78 is 25.7. The molecule has 0 bridgehead atoms. The van der Waals surface area contributed by atoms with Crippen molar-refractivity contribution in [2.45, 2.75) is 70.5 Å². The summed E-state index contributed by atoms with van der Waals surface area (Å²) in [5.41, 5.74) is 2.19. The summed E-state index contributed by atoms with van der Waals surface area (Å²) in [5, 5.41) is 11.1. The van der Waals surface area contributed by atoms with Crippen LogP contribution in [-0.2, 0) is 9.47 Å². The van der Waals surface area contributed by atoms with Gasteiger partial charge in [-0.2, -0.15) is 0 Å². The fourth-order valence-electron chi connectivity index (χ4n) is 5.24. The predicted molar refractivity (Wildman–Crippen MR) is 145 cm³/mol. The van der Waals surface area contributed by atoms with E-state index in [1.54, 1.807) is 19.4 Å². The molecule has 1 saturated carbocycles. The molecule has 1 aromatic carbocycles. The van der Waals surface area contributed by atoms with E-state index in [4.69, 9.17) is 21.1 Å². The number of nitrogens with zero attached hydrogens (tertiary/aromatic N) is 1. The number of nitrogens with one attached hydrogen (secondary N) is 3. The lowest BCUT2D eigenvalue weighted by molar-refractivity contribution is 0.0300. The average Bonchev–Trinajstić information content (AvgIpc) is 2.87. The van der Waals surface area contributed by atoms with Crippen LogP contribution in [0.1, 0.15) is 52.4 Å². The molecule has 3 N–H and O–H groups in total. The summed E-state index contributed by atoms with van der Waals surface area (Å²) >= 11 is 6.50. The molecule has 0 unspecified atom stereocenters. The maximum atomic E-state index is 14.9. The second kappa shape index (κ2) is 12.5. The number of halogens is 2. The molecular formula is C28H40ClFN4O2. The van der Waals surface area contributed by atoms with Crippen LogP contribution in [0.3, 0.4) is 0 Å². The number of aromatic nitrogens is 1. The monoisotopic (exact) mass is 518 g/mol. The fourth-order valence-corrected chi connectivity index (χ4v) is 5.44. The molecule has 2 aromatic rings. The van der Waals surface area contributed by atoms with Crippen LogP contribution in [0, 0.1) is 11.2 Å². The van der Waals surface area contributed by atoms with Crippen molar-refractivity contribution < 1.29 is 13.9 Å². The zero-order valence-electron chi connectivity index (χ0n) is 21.7. The molecule has 1 atom stereocenters. The van der Waals surface area contributed by atoms with Crippen molar-refractivity contribution in [1.82, 2.24) is 10.3 Å². The van der Waals surface area contributed by atoms with Crippen molar-refractivity contribution in [3.8, 4) is 11.1 Å². The van der Waals surface area contributed by atoms with Crippen molar-refractivity contribution in [3.05, 3.63) is 41.3 Å². The molecule has 2 aliphatic rings. The summed E-state index contributed by atoms with van der Waals surface area (Å²) in [7, 11) is 1.73. The number of pyridine rings is 1. The Morgan fingerprint density at radius 1 is 1.14 bits per heavy atom. The van der Waals surface area contributed by atoms with E-state index in [0.717, 1.165) is 76.4 Å². The van der Waals surface area contributed by atoms with E-state index >= 15 is 0 Å². The molecule has 0 spiro atoms. The normalized spacial score (nSPS) is 22.7. The summed E-state index contributed by atoms with van der Waals surface area (Å²) in [6.07, 6.45) is 7.94. The first kappa shape index (κ1) is 27.1. The highest BCUT2D eigenvalue weighted by Crippen LogP contribution is 2.35. The van der Waals surface area contributed by atoms with E-state index in [9.17, 15) is 4.39 Å². The molecule has 1 saturated heterocycles. The Bertz CT molecular complexity index is 994. The number of methoxy groups -OCH3 is 1. The molecule has 198 valence electrons. The van der Waals surface area contributed by atoms with Crippen molar-refractivity contribution in [2.75, 3.05) is 44.1 Å². The van der Waals surface area contributed by atoms with E-state index < -0.39 is 0 Å². The maximum absolute atomic E-state index is 14.9. The molecular weight excluding hydrogens is 479 g/mol. The lowest BCUT2D eigenvalue weighted by Crippen LogP contribution is -2.42. The van der Waals surface area contributed by atoms with Crippen molar-refractivity contribution in [2.24, 2.45) is 5.41 Å². The molecule has 0 radical (unpaired) electrons. The maximum Gasteiger partial charge on any atom is 0.131 e. The minimum absolute atomic E-state index is 0.175. The van der Waals surface area contributed by atoms with E-state index in [1.807, 2.05) is 12.1 Å². The third-order valence-electron chi connectivity index (χ3n) is 7.55. The summed E-state index contributed by atoms with van der Waals surface area (Å²) in [6, 6.07) is 8.21. The average molecular weight is 519 g/mol. The highest BCUT2D eigenvalue weighted by atomic mass is 35.5. The molecule has 0 amide bonds. The number of hydrogen-bond acceptors (Lipinski definition) is 6. The first-order chi connectivity index (χ1) is 17.3. The van der Waals surface area contributed by atoms with Crippen molar-refractivity contribution in [3.63, 3.8) is 0 Å². The molecule has 1 aliphatic heterocycles. The van der Waals surface area contributed by atoms with Crippen LogP contribution in [0.2, 0.25) is 5.02 Å². The topological polar surface area (TPSA) is 67.4 Å². The molecule has 6 nitrogen and oxygen atoms in total. The van der Waals surface area contributed by atoms with Crippen molar-refractivity contribution in [1.29, 1.82) is 0 Å². The third-order valence-corrected chi connectivity index (χ3v) is 7.85. The number of rotatable bonds is 10. The van der Waals surface area contributed by atoms with Gasteiger partial charge in [0.15, 0.2) is 0 Å². The standard InChI is InChI=1S/C28H40ClFN4O2/c1-19(17-35-3)33-20-4-6-21(7-5-20)34-27-15-23(25(29)16-31-27)24-14-22(8-9-26(24)30)32-18-28(2)10-12-36-13-11-28/h8-9,14-16,19-21,32-33H,4-7,10-13,17-18H2,1-3H3,(H,31,34)/t19-,20-,21-/m0/s1. The Hall–Kier alpha value is -1.93. The quantitative estimate of drug-likeness (QED) is 0.352. The van der Waals surface area contributed by atoms with E-state index in [0.29, 0.717) is 34.3 Å². The Kier molecular flexibility index (Phi) is 9.45. The van der Waals surface area contributed by atoms with Crippen LogP contribution in [0.5, 0.6) is 0 Å². The van der Waals surface area contributed by atoms with Crippen molar-refractivity contribution >= 4 is 23.1 Å². The van der Waals surface area contributed by atoms with Crippen LogP contribution in [0.4, 0.5) is 15.9 Å². The van der Waals surface area contributed by atoms with Gasteiger partial charge in [0.2, 0.25) is 0 Å². The first-order valence-corrected chi connectivity index (χ1v) is 13.5. The van der Waals surface area contributed by atoms with Crippen LogP contribution >= 0.6 is 11.6 Å². The molecule has 36 heavy (non-hydrogen) atoms. The molecule has 4 rings (SSSR count). The zero-order chi connectivity index (χ0) is 25.5. The Labute approximate surface area is 219 Å². The zero-order valence-corrected chi connectivity index (χ0v) is 22.5. The molecule has 1 aliphatic carbocycles. The van der Waals surface area contributed by atoms with Gasteiger partial charge >= 0.3 is 0 Å². The SMILES string of the molecule is COC[C@H](C)N[C@H]1CC[C@H](Nc2cc(-c3cc(NCC4(C)CCOCC4)ccc3F)c(Cl)cn2)CC1. The van der Waals surface area contributed by atoms with Crippen LogP contribution in [0.25, 0.3) is 11.1 Å². The largest absolute Gasteiger partial charge is 0.384 e. The highest BCUT2D eigenvalue weighted by Gasteiger charge is 2.27. The van der Waals surface area contributed by atoms with Gasteiger partial charge < -0.3 is 25.4 Å². The second-order valence-electron chi connectivity index (χ2n) is 10.7. The lowest BCUT2D eigenvalue weighted by atomic mass is 9.82. The van der Waals surface area contributed by atoms with E-state index in [2.05, 4.69) is 34.8 Å². The number of hydrogen-bond donors (Lipinski definition) is 3. The fraction of sp³-hybridized carbons (Fsp3) is 0.607. The Morgan fingerprint density at radius 2 is 1.86 bits per heavy atom. The Morgan fingerprint density at radius 3 is 2.58 bits per heavy atom. The van der Waals surface area contributed by atoms with Gasteiger partial charge in [-0.3, -0.25) is 0 Å². The predicted octanol–water partition coefficient (Wildman–Crippen LogP) is 6.12. The number of ether oxygens (including phenoxy) is 2. The van der Waals surface area contributed by atoms with Gasteiger partial charge in [0.05, 0.1) is 11.6 Å². The molecule has 8 heteroatoms. The van der Waals surface area contributed by atoms with Gasteiger partial charge in [0, 0.05) is 68.0 Å². The van der Waals surface area contributed by atoms with Crippen LogP contribution in [-0.4, -0.2) is 56.6 Å². The summed E-state index contributed by atoms with van der Waals surface area (Å²) in [6.45, 7) is 7.55. The highest BCUT2D eigenvalue weighted by molar-refractivity contribution is 6.33. The summed E-state index contributed by atoms with van der Waals surface area (Å²) in [4.78, 5) is 4.48. The minimum Gasteiger partial charge on any atom is -0.384 e. The van der Waals surface area contributed by atoms with Gasteiger partial charge in [-0.15, -0.1) is 0 Å². The van der Waals surface area contributed by atoms with E-state index in [-0.39, 0.29) is 11.2 Å². The Balaban J connectivity index is 1.40. The number of anilines is 2. The summed E-state index contributed by atoms with van der Waals surface area (Å²) in [5.74, 6) is 0.430. The third kappa shape index (κ3) is 7.31. The van der Waals surface area contributed by atoms with Crippen LogP contribution < -0.4 is 16.0 Å². The van der Waals surface area contributed by atoms with Gasteiger partial charge in [-0.1, -0.05) is 18.5 Å². The second-order valence-corrected chi connectivity index (χ2v) is 11.1. The molecule has 1 aromatic heterocycles. The van der Waals surface area contributed by atoms with Gasteiger partial charge in [0.1, 0.15) is 11.6 Å². The lowest BCUT2D eigenvalue weighted by Gasteiger charge is -2.34. The van der Waals surface area contributed by atoms with Crippen LogP contribution in [0.15, 0.2) is 30.5 Å². The smallest absolute Gasteiger partial charge is 0.131 e. The van der Waals surface area contributed by atoms with Gasteiger partial charge in [-0.05, 0) is 75.1 Å². The van der Waals surface area contributed by atoms with E-state index in [1.165, 1.54) is 6.07 Å². The first-order valence-electron chi connectivity index (χ1n) is 13.1.